The average molecular weight is 342 g/mol. The van der Waals surface area contributed by atoms with E-state index in [4.69, 9.17) is 0 Å². The predicted octanol–water partition coefficient (Wildman–Crippen LogP) is 5.08. The van der Waals surface area contributed by atoms with Crippen molar-refractivity contribution in [3.8, 4) is 0 Å². The Kier molecular flexibility index (Phi) is 6.50. The minimum Gasteiger partial charge on any atom is -0.314 e. The van der Waals surface area contributed by atoms with E-state index < -0.39 is 0 Å². The molecule has 3 heteroatoms. The molecule has 2 rings (SSSR count). The van der Waals surface area contributed by atoms with Gasteiger partial charge in [-0.05, 0) is 68.3 Å². The molecule has 0 bridgehead atoms. The van der Waals surface area contributed by atoms with Crippen LogP contribution in [0.15, 0.2) is 22.7 Å². The second-order valence-electron chi connectivity index (χ2n) is 5.88. The van der Waals surface area contributed by atoms with Crippen molar-refractivity contribution in [2.24, 2.45) is 5.92 Å². The van der Waals surface area contributed by atoms with E-state index in [0.717, 1.165) is 41.8 Å². The summed E-state index contributed by atoms with van der Waals surface area (Å²) in [6, 6.07) is 5.79. The average Bonchev–Trinajstić information content (AvgIpc) is 2.96. The molecule has 1 saturated carbocycles. The van der Waals surface area contributed by atoms with Crippen LogP contribution in [0.25, 0.3) is 0 Å². The highest BCUT2D eigenvalue weighted by atomic mass is 79.9. The molecule has 1 nitrogen and oxygen atoms in total. The first-order valence-electron chi connectivity index (χ1n) is 7.88. The summed E-state index contributed by atoms with van der Waals surface area (Å²) in [6.07, 6.45) is 8.42. The van der Waals surface area contributed by atoms with E-state index in [9.17, 15) is 4.39 Å². The number of rotatable bonds is 7. The molecular weight excluding hydrogens is 317 g/mol. The summed E-state index contributed by atoms with van der Waals surface area (Å²) in [6.45, 7) is 3.27. The molecule has 1 aromatic carbocycles. The van der Waals surface area contributed by atoms with Gasteiger partial charge in [0, 0.05) is 10.5 Å². The molecule has 0 radical (unpaired) electrons. The molecule has 112 valence electrons. The monoisotopic (exact) mass is 341 g/mol. The smallest absolute Gasteiger partial charge is 0.126 e. The lowest BCUT2D eigenvalue weighted by Crippen LogP contribution is -2.36. The van der Waals surface area contributed by atoms with E-state index in [1.54, 1.807) is 12.1 Å². The maximum absolute atomic E-state index is 13.8. The second kappa shape index (κ2) is 8.14. The zero-order chi connectivity index (χ0) is 14.4. The van der Waals surface area contributed by atoms with Gasteiger partial charge in [0.05, 0.1) is 0 Å². The standard InChI is InChI=1S/C17H25BrFN/c1-2-11-20-17(13-5-3-4-6-13)10-7-14-12-15(18)8-9-16(14)19/h8-9,12-13,17,20H,2-7,10-11H2,1H3. The van der Waals surface area contributed by atoms with Crippen molar-refractivity contribution in [3.63, 3.8) is 0 Å². The number of nitrogens with one attached hydrogen (secondary N) is 1. The SMILES string of the molecule is CCCNC(CCc1cc(Br)ccc1F)C1CCCC1. The third-order valence-corrected chi connectivity index (χ3v) is 4.85. The number of benzene rings is 1. The van der Waals surface area contributed by atoms with E-state index in [1.807, 2.05) is 6.07 Å². The van der Waals surface area contributed by atoms with Gasteiger partial charge in [0.15, 0.2) is 0 Å². The number of halogens is 2. The zero-order valence-corrected chi connectivity index (χ0v) is 13.9. The van der Waals surface area contributed by atoms with Gasteiger partial charge < -0.3 is 5.32 Å². The van der Waals surface area contributed by atoms with Gasteiger partial charge in [-0.2, -0.15) is 0 Å². The van der Waals surface area contributed by atoms with Gasteiger partial charge in [-0.1, -0.05) is 35.7 Å². The lowest BCUT2D eigenvalue weighted by Gasteiger charge is -2.25. The van der Waals surface area contributed by atoms with Gasteiger partial charge in [-0.3, -0.25) is 0 Å². The number of aryl methyl sites for hydroxylation is 1. The highest BCUT2D eigenvalue weighted by Gasteiger charge is 2.24. The first-order chi connectivity index (χ1) is 9.70. The Labute approximate surface area is 130 Å². The van der Waals surface area contributed by atoms with Crippen molar-refractivity contribution < 1.29 is 4.39 Å². The predicted molar refractivity (Wildman–Crippen MR) is 86.5 cm³/mol. The van der Waals surface area contributed by atoms with E-state index >= 15 is 0 Å². The van der Waals surface area contributed by atoms with E-state index in [0.29, 0.717) is 6.04 Å². The van der Waals surface area contributed by atoms with Crippen LogP contribution < -0.4 is 5.32 Å². The lowest BCUT2D eigenvalue weighted by molar-refractivity contribution is 0.339. The summed E-state index contributed by atoms with van der Waals surface area (Å²) < 4.78 is 14.8. The zero-order valence-electron chi connectivity index (χ0n) is 12.3. The Morgan fingerprint density at radius 1 is 1.35 bits per heavy atom. The van der Waals surface area contributed by atoms with Crippen molar-refractivity contribution >= 4 is 15.9 Å². The van der Waals surface area contributed by atoms with Gasteiger partial charge in [-0.25, -0.2) is 4.39 Å². The van der Waals surface area contributed by atoms with Crippen molar-refractivity contribution in [1.82, 2.24) is 5.32 Å². The Morgan fingerprint density at radius 3 is 2.80 bits per heavy atom. The third-order valence-electron chi connectivity index (χ3n) is 4.36. The topological polar surface area (TPSA) is 12.0 Å². The van der Waals surface area contributed by atoms with Gasteiger partial charge in [0.2, 0.25) is 0 Å². The molecule has 1 atom stereocenters. The van der Waals surface area contributed by atoms with Crippen LogP contribution in [0.3, 0.4) is 0 Å². The van der Waals surface area contributed by atoms with Crippen LogP contribution in [-0.2, 0) is 6.42 Å². The van der Waals surface area contributed by atoms with Crippen molar-refractivity contribution in [2.45, 2.75) is 57.9 Å². The molecule has 0 spiro atoms. The van der Waals surface area contributed by atoms with Crippen LogP contribution in [0, 0.1) is 11.7 Å². The van der Waals surface area contributed by atoms with Gasteiger partial charge in [0.25, 0.3) is 0 Å². The van der Waals surface area contributed by atoms with Gasteiger partial charge in [0.1, 0.15) is 5.82 Å². The molecule has 1 aliphatic carbocycles. The third kappa shape index (κ3) is 4.56. The summed E-state index contributed by atoms with van der Waals surface area (Å²) in [5.41, 5.74) is 0.834. The molecule has 1 unspecified atom stereocenters. The van der Waals surface area contributed by atoms with Crippen LogP contribution in [0.2, 0.25) is 0 Å². The molecule has 1 aromatic rings. The first-order valence-corrected chi connectivity index (χ1v) is 8.67. The maximum atomic E-state index is 13.8. The lowest BCUT2D eigenvalue weighted by atomic mass is 9.92. The molecule has 1 aliphatic rings. The Bertz CT molecular complexity index is 415. The largest absolute Gasteiger partial charge is 0.314 e. The molecule has 1 N–H and O–H groups in total. The highest BCUT2D eigenvalue weighted by molar-refractivity contribution is 9.10. The Morgan fingerprint density at radius 2 is 2.10 bits per heavy atom. The summed E-state index contributed by atoms with van der Waals surface area (Å²) >= 11 is 3.43. The summed E-state index contributed by atoms with van der Waals surface area (Å²) in [5.74, 6) is 0.714. The van der Waals surface area contributed by atoms with Crippen LogP contribution in [0.4, 0.5) is 4.39 Å². The van der Waals surface area contributed by atoms with Gasteiger partial charge in [-0.15, -0.1) is 0 Å². The quantitative estimate of drug-likeness (QED) is 0.729. The maximum Gasteiger partial charge on any atom is 0.126 e. The fraction of sp³-hybridized carbons (Fsp3) is 0.647. The van der Waals surface area contributed by atoms with Gasteiger partial charge >= 0.3 is 0 Å². The summed E-state index contributed by atoms with van der Waals surface area (Å²) in [7, 11) is 0. The molecule has 0 aliphatic heterocycles. The molecule has 0 saturated heterocycles. The minimum absolute atomic E-state index is 0.0751. The molecule has 0 amide bonds. The fourth-order valence-corrected chi connectivity index (χ4v) is 3.65. The van der Waals surface area contributed by atoms with Crippen molar-refractivity contribution in [1.29, 1.82) is 0 Å². The summed E-state index contributed by atoms with van der Waals surface area (Å²) in [4.78, 5) is 0. The van der Waals surface area contributed by atoms with E-state index in [1.165, 1.54) is 25.7 Å². The highest BCUT2D eigenvalue weighted by Crippen LogP contribution is 2.30. The van der Waals surface area contributed by atoms with E-state index in [-0.39, 0.29) is 5.82 Å². The first kappa shape index (κ1) is 16.0. The molecule has 0 heterocycles. The normalized spacial score (nSPS) is 17.6. The number of hydrogen-bond donors (Lipinski definition) is 1. The Balaban J connectivity index is 1.94. The van der Waals surface area contributed by atoms with Crippen molar-refractivity contribution in [2.75, 3.05) is 6.54 Å². The van der Waals surface area contributed by atoms with Crippen LogP contribution in [0.1, 0.15) is 51.0 Å². The molecular formula is C17H25BrFN. The second-order valence-corrected chi connectivity index (χ2v) is 6.80. The van der Waals surface area contributed by atoms with Crippen LogP contribution in [-0.4, -0.2) is 12.6 Å². The van der Waals surface area contributed by atoms with E-state index in [2.05, 4.69) is 28.2 Å². The molecule has 20 heavy (non-hydrogen) atoms. The Hall–Kier alpha value is -0.410. The fourth-order valence-electron chi connectivity index (χ4n) is 3.24. The molecule has 1 fully saturated rings. The van der Waals surface area contributed by atoms with Crippen LogP contribution >= 0.6 is 15.9 Å². The minimum atomic E-state index is -0.0751. The molecule has 0 aromatic heterocycles. The van der Waals surface area contributed by atoms with Crippen molar-refractivity contribution in [3.05, 3.63) is 34.1 Å². The number of hydrogen-bond acceptors (Lipinski definition) is 1. The van der Waals surface area contributed by atoms with Crippen LogP contribution in [0.5, 0.6) is 0 Å². The summed E-state index contributed by atoms with van der Waals surface area (Å²) in [5, 5.41) is 3.68.